The first kappa shape index (κ1) is 17.5. The fourth-order valence-corrected chi connectivity index (χ4v) is 2.77. The molecule has 130 valence electrons. The highest BCUT2D eigenvalue weighted by Gasteiger charge is 2.14. The zero-order valence-corrected chi connectivity index (χ0v) is 14.9. The lowest BCUT2D eigenvalue weighted by Gasteiger charge is -2.16. The number of methoxy groups -OCH3 is 1. The van der Waals surface area contributed by atoms with E-state index in [1.54, 1.807) is 37.3 Å². The monoisotopic (exact) mass is 358 g/mol. The quantitative estimate of drug-likeness (QED) is 0.672. The number of halogens is 1. The van der Waals surface area contributed by atoms with E-state index in [9.17, 15) is 4.79 Å². The van der Waals surface area contributed by atoms with Gasteiger partial charge in [-0.2, -0.15) is 0 Å². The summed E-state index contributed by atoms with van der Waals surface area (Å²) in [6.45, 7) is 1.03. The molecule has 0 saturated heterocycles. The van der Waals surface area contributed by atoms with Gasteiger partial charge in [-0.25, -0.2) is 4.98 Å². The van der Waals surface area contributed by atoms with Crippen LogP contribution in [0.5, 0.6) is 0 Å². The summed E-state index contributed by atoms with van der Waals surface area (Å²) in [4.78, 5) is 18.5. The first-order chi connectivity index (χ1) is 12.1. The Morgan fingerprint density at radius 3 is 2.88 bits per heavy atom. The normalized spacial score (nSPS) is 11.0. The fourth-order valence-electron chi connectivity index (χ4n) is 2.55. The molecule has 3 rings (SSSR count). The van der Waals surface area contributed by atoms with Crippen LogP contribution in [0, 0.1) is 0 Å². The molecule has 0 radical (unpaired) electrons. The average molecular weight is 359 g/mol. The summed E-state index contributed by atoms with van der Waals surface area (Å²) < 4.78 is 10.8. The number of hydrogen-bond acceptors (Lipinski definition) is 4. The highest BCUT2D eigenvalue weighted by atomic mass is 35.5. The van der Waals surface area contributed by atoms with Crippen LogP contribution < -0.4 is 0 Å². The molecule has 0 N–H and O–H groups in total. The van der Waals surface area contributed by atoms with Gasteiger partial charge >= 0.3 is 0 Å². The maximum Gasteiger partial charge on any atom is 0.253 e. The number of aromatic nitrogens is 1. The third-order valence-electron chi connectivity index (χ3n) is 3.90. The number of amides is 1. The first-order valence-corrected chi connectivity index (χ1v) is 8.33. The lowest BCUT2D eigenvalue weighted by molar-refractivity contribution is 0.0744. The van der Waals surface area contributed by atoms with Crippen molar-refractivity contribution in [1.29, 1.82) is 0 Å². The minimum Gasteiger partial charge on any atom is -0.440 e. The molecule has 0 spiro atoms. The molecule has 6 heteroatoms. The number of fused-ring (bicyclic) bond motifs is 1. The minimum absolute atomic E-state index is 0.0771. The van der Waals surface area contributed by atoms with Gasteiger partial charge in [-0.3, -0.25) is 4.79 Å². The molecule has 3 aromatic rings. The summed E-state index contributed by atoms with van der Waals surface area (Å²) in [6.07, 6.45) is 0.548. The SMILES string of the molecule is COCCN(C)C(=O)c1ccc2nc(Cc3cccc(Cl)c3)oc2c1. The van der Waals surface area contributed by atoms with Crippen molar-refractivity contribution < 1.29 is 13.9 Å². The van der Waals surface area contributed by atoms with Gasteiger partial charge in [0.2, 0.25) is 0 Å². The number of carbonyl (C=O) groups excluding carboxylic acids is 1. The third kappa shape index (κ3) is 4.18. The predicted molar refractivity (Wildman–Crippen MR) is 97.1 cm³/mol. The lowest BCUT2D eigenvalue weighted by Crippen LogP contribution is -2.29. The second-order valence-electron chi connectivity index (χ2n) is 5.82. The van der Waals surface area contributed by atoms with Crippen molar-refractivity contribution in [3.8, 4) is 0 Å². The van der Waals surface area contributed by atoms with Crippen molar-refractivity contribution in [2.75, 3.05) is 27.3 Å². The summed E-state index contributed by atoms with van der Waals surface area (Å²) in [7, 11) is 3.36. The largest absolute Gasteiger partial charge is 0.440 e. The van der Waals surface area contributed by atoms with E-state index in [0.29, 0.717) is 41.6 Å². The van der Waals surface area contributed by atoms with Crippen LogP contribution in [-0.4, -0.2) is 43.1 Å². The van der Waals surface area contributed by atoms with Gasteiger partial charge in [0.05, 0.1) is 6.61 Å². The number of nitrogens with zero attached hydrogens (tertiary/aromatic N) is 2. The van der Waals surface area contributed by atoms with Crippen LogP contribution in [0.3, 0.4) is 0 Å². The zero-order valence-electron chi connectivity index (χ0n) is 14.2. The van der Waals surface area contributed by atoms with Gasteiger partial charge in [-0.1, -0.05) is 23.7 Å². The molecule has 25 heavy (non-hydrogen) atoms. The first-order valence-electron chi connectivity index (χ1n) is 7.95. The van der Waals surface area contributed by atoms with Crippen molar-refractivity contribution in [2.45, 2.75) is 6.42 Å². The van der Waals surface area contributed by atoms with Crippen molar-refractivity contribution in [3.05, 3.63) is 64.5 Å². The Bertz CT molecular complexity index is 891. The van der Waals surface area contributed by atoms with Crippen LogP contribution in [0.25, 0.3) is 11.1 Å². The van der Waals surface area contributed by atoms with E-state index in [2.05, 4.69) is 4.98 Å². The fraction of sp³-hybridized carbons (Fsp3) is 0.263. The second kappa shape index (κ2) is 7.68. The molecule has 0 fully saturated rings. The van der Waals surface area contributed by atoms with Crippen LogP contribution in [0.15, 0.2) is 46.9 Å². The molecule has 0 aliphatic rings. The molecule has 0 saturated carbocycles. The molecule has 5 nitrogen and oxygen atoms in total. The van der Waals surface area contributed by atoms with Gasteiger partial charge < -0.3 is 14.1 Å². The Hall–Kier alpha value is -2.37. The average Bonchev–Trinajstić information content (AvgIpc) is 3.00. The van der Waals surface area contributed by atoms with Crippen molar-refractivity contribution in [1.82, 2.24) is 9.88 Å². The summed E-state index contributed by atoms with van der Waals surface area (Å²) in [5, 5.41) is 0.681. The number of carbonyl (C=O) groups is 1. The molecule has 1 amide bonds. The summed E-state index contributed by atoms with van der Waals surface area (Å²) in [6, 6.07) is 12.9. The topological polar surface area (TPSA) is 55.6 Å². The molecule has 0 unspecified atom stereocenters. The molecule has 1 heterocycles. The summed E-state index contributed by atoms with van der Waals surface area (Å²) >= 11 is 6.01. The Kier molecular flexibility index (Phi) is 5.36. The Morgan fingerprint density at radius 1 is 1.28 bits per heavy atom. The van der Waals surface area contributed by atoms with Gasteiger partial charge in [-0.05, 0) is 35.9 Å². The van der Waals surface area contributed by atoms with E-state index in [1.165, 1.54) is 0 Å². The molecule has 0 bridgehead atoms. The number of oxazole rings is 1. The highest BCUT2D eigenvalue weighted by molar-refractivity contribution is 6.30. The van der Waals surface area contributed by atoms with Gasteiger partial charge in [0.1, 0.15) is 5.52 Å². The zero-order chi connectivity index (χ0) is 17.8. The van der Waals surface area contributed by atoms with Crippen LogP contribution in [-0.2, 0) is 11.2 Å². The molecule has 0 aliphatic heterocycles. The van der Waals surface area contributed by atoms with Crippen LogP contribution >= 0.6 is 11.6 Å². The van der Waals surface area contributed by atoms with Crippen molar-refractivity contribution in [3.63, 3.8) is 0 Å². The van der Waals surface area contributed by atoms with Gasteiger partial charge in [0.25, 0.3) is 5.91 Å². The van der Waals surface area contributed by atoms with Crippen LogP contribution in [0.1, 0.15) is 21.8 Å². The second-order valence-corrected chi connectivity index (χ2v) is 6.25. The van der Waals surface area contributed by atoms with E-state index in [0.717, 1.165) is 11.1 Å². The molecule has 2 aromatic carbocycles. The summed E-state index contributed by atoms with van der Waals surface area (Å²) in [5.41, 5.74) is 2.92. The Labute approximate surface area is 151 Å². The minimum atomic E-state index is -0.0771. The molecule has 1 aromatic heterocycles. The van der Waals surface area contributed by atoms with Gasteiger partial charge in [0, 0.05) is 37.7 Å². The van der Waals surface area contributed by atoms with Gasteiger partial charge in [-0.15, -0.1) is 0 Å². The molecular weight excluding hydrogens is 340 g/mol. The number of rotatable bonds is 6. The van der Waals surface area contributed by atoms with Gasteiger partial charge in [0.15, 0.2) is 11.5 Å². The Morgan fingerprint density at radius 2 is 2.12 bits per heavy atom. The van der Waals surface area contributed by atoms with Crippen LogP contribution in [0.2, 0.25) is 5.02 Å². The number of benzene rings is 2. The van der Waals surface area contributed by atoms with E-state index in [-0.39, 0.29) is 5.91 Å². The molecular formula is C19H19ClN2O3. The van der Waals surface area contributed by atoms with Crippen LogP contribution in [0.4, 0.5) is 0 Å². The molecule has 0 aliphatic carbocycles. The third-order valence-corrected chi connectivity index (χ3v) is 4.14. The number of likely N-dealkylation sites (N-methyl/N-ethyl adjacent to an activating group) is 1. The number of ether oxygens (including phenoxy) is 1. The number of hydrogen-bond donors (Lipinski definition) is 0. The van der Waals surface area contributed by atoms with Crippen molar-refractivity contribution >= 4 is 28.6 Å². The highest BCUT2D eigenvalue weighted by Crippen LogP contribution is 2.21. The lowest BCUT2D eigenvalue weighted by atomic mass is 10.1. The maximum atomic E-state index is 12.4. The van der Waals surface area contributed by atoms with E-state index in [4.69, 9.17) is 20.8 Å². The van der Waals surface area contributed by atoms with E-state index >= 15 is 0 Å². The van der Waals surface area contributed by atoms with E-state index in [1.807, 2.05) is 24.3 Å². The summed E-state index contributed by atoms with van der Waals surface area (Å²) in [5.74, 6) is 0.515. The predicted octanol–water partition coefficient (Wildman–Crippen LogP) is 3.79. The smallest absolute Gasteiger partial charge is 0.253 e. The van der Waals surface area contributed by atoms with Crippen molar-refractivity contribution in [2.24, 2.45) is 0 Å². The Balaban J connectivity index is 1.80. The molecule has 0 atom stereocenters. The van der Waals surface area contributed by atoms with E-state index < -0.39 is 0 Å². The maximum absolute atomic E-state index is 12.4. The standard InChI is InChI=1S/C19H19ClN2O3/c1-22(8-9-24-2)19(23)14-6-7-16-17(12-14)25-18(21-16)11-13-4-3-5-15(20)10-13/h3-7,10,12H,8-9,11H2,1-2H3.